The Bertz CT molecular complexity index is 944. The van der Waals surface area contributed by atoms with Crippen molar-refractivity contribution in [1.29, 1.82) is 0 Å². The lowest BCUT2D eigenvalue weighted by atomic mass is 9.73. The Morgan fingerprint density at radius 1 is 1.31 bits per heavy atom. The number of piperidine rings is 1. The van der Waals surface area contributed by atoms with E-state index in [1.807, 2.05) is 22.8 Å². The molecule has 134 valence electrons. The van der Waals surface area contributed by atoms with Gasteiger partial charge in [0.05, 0.1) is 12.2 Å². The average molecular weight is 369 g/mol. The van der Waals surface area contributed by atoms with Gasteiger partial charge in [-0.25, -0.2) is 14.3 Å². The normalized spacial score (nSPS) is 21.2. The molecule has 1 aliphatic heterocycles. The largest absolute Gasteiger partial charge is 0.465 e. The number of carboxylic acid groups (broad SMARTS) is 1. The summed E-state index contributed by atoms with van der Waals surface area (Å²) in [6.07, 6.45) is 5.48. The Morgan fingerprint density at radius 3 is 2.88 bits per heavy atom. The monoisotopic (exact) mass is 369 g/mol. The van der Waals surface area contributed by atoms with Crippen LogP contribution in [0.2, 0.25) is 0 Å². The van der Waals surface area contributed by atoms with E-state index in [4.69, 9.17) is 0 Å². The molecule has 1 fully saturated rings. The van der Waals surface area contributed by atoms with Crippen LogP contribution in [0.15, 0.2) is 36.7 Å². The Morgan fingerprint density at radius 2 is 2.12 bits per heavy atom. The van der Waals surface area contributed by atoms with Gasteiger partial charge in [-0.3, -0.25) is 0 Å². The quantitative estimate of drug-likeness (QED) is 0.726. The molecule has 26 heavy (non-hydrogen) atoms. The van der Waals surface area contributed by atoms with Crippen molar-refractivity contribution >= 4 is 27.5 Å². The SMILES string of the molecule is O=C(O)N[C@@H]1c2ccccc2CC12CCN(c1nn3ccnc3s1)CC2. The highest BCUT2D eigenvalue weighted by Crippen LogP contribution is 2.52. The standard InChI is InChI=1S/C18H19N5O2S/c24-17(25)20-14-13-4-2-1-3-12(13)11-18(14)5-8-22(9-6-18)16-21-23-10-7-19-15(23)26-16/h1-4,7,10,14,20H,5-6,8-9,11H2,(H,24,25)/t14-/m1/s1. The maximum atomic E-state index is 11.4. The van der Waals surface area contributed by atoms with Crippen LogP contribution >= 0.6 is 11.3 Å². The molecule has 7 nitrogen and oxygen atoms in total. The predicted molar refractivity (Wildman–Crippen MR) is 98.8 cm³/mol. The van der Waals surface area contributed by atoms with E-state index >= 15 is 0 Å². The minimum absolute atomic E-state index is 0.0456. The van der Waals surface area contributed by atoms with Crippen molar-refractivity contribution in [3.63, 3.8) is 0 Å². The van der Waals surface area contributed by atoms with E-state index in [1.54, 1.807) is 17.5 Å². The van der Waals surface area contributed by atoms with Gasteiger partial charge < -0.3 is 15.3 Å². The summed E-state index contributed by atoms with van der Waals surface area (Å²) in [5, 5.41) is 17.8. The third-order valence-corrected chi connectivity index (χ3v) is 6.78. The van der Waals surface area contributed by atoms with Crippen LogP contribution in [0.5, 0.6) is 0 Å². The maximum Gasteiger partial charge on any atom is 0.405 e. The highest BCUT2D eigenvalue weighted by Gasteiger charge is 2.48. The van der Waals surface area contributed by atoms with Gasteiger partial charge in [0.25, 0.3) is 0 Å². The van der Waals surface area contributed by atoms with Crippen LogP contribution in [0, 0.1) is 5.41 Å². The van der Waals surface area contributed by atoms with E-state index < -0.39 is 6.09 Å². The molecule has 1 spiro atoms. The van der Waals surface area contributed by atoms with E-state index in [9.17, 15) is 9.90 Å². The molecular formula is C18H19N5O2S. The fourth-order valence-corrected chi connectivity index (χ4v) is 5.42. The summed E-state index contributed by atoms with van der Waals surface area (Å²) in [5.74, 6) is 0. The summed E-state index contributed by atoms with van der Waals surface area (Å²) in [7, 11) is 0. The molecule has 3 heterocycles. The zero-order valence-corrected chi connectivity index (χ0v) is 14.9. The average Bonchev–Trinajstić information content (AvgIpc) is 3.29. The smallest absolute Gasteiger partial charge is 0.405 e. The number of amides is 1. The molecule has 0 unspecified atom stereocenters. The van der Waals surface area contributed by atoms with E-state index in [0.29, 0.717) is 0 Å². The van der Waals surface area contributed by atoms with Crippen molar-refractivity contribution in [2.45, 2.75) is 25.3 Å². The van der Waals surface area contributed by atoms with Crippen molar-refractivity contribution < 1.29 is 9.90 Å². The molecule has 1 atom stereocenters. The lowest BCUT2D eigenvalue weighted by Gasteiger charge is -2.43. The minimum atomic E-state index is -0.949. The van der Waals surface area contributed by atoms with Gasteiger partial charge >= 0.3 is 6.09 Å². The number of nitrogens with one attached hydrogen (secondary N) is 1. The van der Waals surface area contributed by atoms with Crippen LogP contribution in [-0.2, 0) is 6.42 Å². The third kappa shape index (κ3) is 2.36. The molecule has 1 saturated heterocycles. The Hall–Kier alpha value is -2.61. The summed E-state index contributed by atoms with van der Waals surface area (Å²) in [5.41, 5.74) is 2.36. The lowest BCUT2D eigenvalue weighted by molar-refractivity contribution is 0.141. The lowest BCUT2D eigenvalue weighted by Crippen LogP contribution is -2.46. The third-order valence-electron chi connectivity index (χ3n) is 5.78. The molecule has 2 aliphatic rings. The van der Waals surface area contributed by atoms with Crippen LogP contribution in [0.1, 0.15) is 30.0 Å². The number of aromatic nitrogens is 3. The van der Waals surface area contributed by atoms with Crippen LogP contribution < -0.4 is 10.2 Å². The Labute approximate surface area is 154 Å². The molecule has 1 aliphatic carbocycles. The second-order valence-electron chi connectivity index (χ2n) is 7.15. The molecule has 0 radical (unpaired) electrons. The molecule has 2 aromatic heterocycles. The molecule has 1 aromatic carbocycles. The van der Waals surface area contributed by atoms with Crippen molar-refractivity contribution in [2.24, 2.45) is 5.41 Å². The fraction of sp³-hybridized carbons (Fsp3) is 0.389. The zero-order chi connectivity index (χ0) is 17.7. The summed E-state index contributed by atoms with van der Waals surface area (Å²) < 4.78 is 1.81. The van der Waals surface area contributed by atoms with Crippen LogP contribution in [-0.4, -0.2) is 38.9 Å². The van der Waals surface area contributed by atoms with E-state index in [2.05, 4.69) is 32.4 Å². The molecule has 0 saturated carbocycles. The van der Waals surface area contributed by atoms with Crippen LogP contribution in [0.3, 0.4) is 0 Å². The number of hydrogen-bond acceptors (Lipinski definition) is 5. The highest BCUT2D eigenvalue weighted by molar-refractivity contribution is 7.20. The number of anilines is 1. The van der Waals surface area contributed by atoms with Crippen molar-refractivity contribution in [3.8, 4) is 0 Å². The summed E-state index contributed by atoms with van der Waals surface area (Å²) >= 11 is 1.60. The highest BCUT2D eigenvalue weighted by atomic mass is 32.1. The second kappa shape index (κ2) is 5.70. The van der Waals surface area contributed by atoms with Gasteiger partial charge in [-0.05, 0) is 30.4 Å². The molecule has 5 rings (SSSR count). The van der Waals surface area contributed by atoms with E-state index in [0.717, 1.165) is 48.0 Å². The molecule has 1 amide bonds. The maximum absolute atomic E-state index is 11.4. The summed E-state index contributed by atoms with van der Waals surface area (Å²) in [4.78, 5) is 18.9. The van der Waals surface area contributed by atoms with Gasteiger partial charge in [-0.1, -0.05) is 35.6 Å². The number of nitrogens with zero attached hydrogens (tertiary/aromatic N) is 4. The number of benzene rings is 1. The van der Waals surface area contributed by atoms with E-state index in [-0.39, 0.29) is 11.5 Å². The van der Waals surface area contributed by atoms with Gasteiger partial charge in [-0.15, -0.1) is 5.10 Å². The summed E-state index contributed by atoms with van der Waals surface area (Å²) in [6, 6.07) is 8.09. The van der Waals surface area contributed by atoms with Crippen molar-refractivity contribution in [2.75, 3.05) is 18.0 Å². The first kappa shape index (κ1) is 15.6. The molecule has 2 N–H and O–H groups in total. The van der Waals surface area contributed by atoms with Gasteiger partial charge in [-0.2, -0.15) is 0 Å². The van der Waals surface area contributed by atoms with E-state index in [1.165, 1.54) is 5.56 Å². The van der Waals surface area contributed by atoms with Gasteiger partial charge in [0.15, 0.2) is 0 Å². The summed E-state index contributed by atoms with van der Waals surface area (Å²) in [6.45, 7) is 1.75. The minimum Gasteiger partial charge on any atom is -0.465 e. The first-order valence-electron chi connectivity index (χ1n) is 8.77. The molecule has 3 aromatic rings. The van der Waals surface area contributed by atoms with Crippen molar-refractivity contribution in [1.82, 2.24) is 19.9 Å². The predicted octanol–water partition coefficient (Wildman–Crippen LogP) is 2.94. The van der Waals surface area contributed by atoms with Gasteiger partial charge in [0, 0.05) is 24.7 Å². The Kier molecular flexibility index (Phi) is 3.43. The second-order valence-corrected chi connectivity index (χ2v) is 8.08. The van der Waals surface area contributed by atoms with Gasteiger partial charge in [0.1, 0.15) is 0 Å². The number of rotatable bonds is 2. The zero-order valence-electron chi connectivity index (χ0n) is 14.1. The fourth-order valence-electron chi connectivity index (χ4n) is 4.51. The van der Waals surface area contributed by atoms with Crippen LogP contribution in [0.4, 0.5) is 9.93 Å². The molecular weight excluding hydrogens is 350 g/mol. The molecule has 0 bridgehead atoms. The van der Waals surface area contributed by atoms with Crippen molar-refractivity contribution in [3.05, 3.63) is 47.8 Å². The van der Waals surface area contributed by atoms with Gasteiger partial charge in [0.2, 0.25) is 10.1 Å². The molecule has 8 heteroatoms. The first-order valence-corrected chi connectivity index (χ1v) is 9.59. The van der Waals surface area contributed by atoms with Crippen LogP contribution in [0.25, 0.3) is 4.96 Å². The Balaban J connectivity index is 1.40. The number of imidazole rings is 1. The number of hydrogen-bond donors (Lipinski definition) is 2. The first-order chi connectivity index (χ1) is 12.6. The number of carbonyl (C=O) groups is 1. The number of fused-ring (bicyclic) bond motifs is 2. The topological polar surface area (TPSA) is 82.8 Å².